The molecule has 0 radical (unpaired) electrons. The first-order valence-corrected chi connectivity index (χ1v) is 5.85. The number of halogens is 1. The van der Waals surface area contributed by atoms with Crippen molar-refractivity contribution in [1.29, 1.82) is 0 Å². The Kier molecular flexibility index (Phi) is 3.13. The molecule has 5 nitrogen and oxygen atoms in total. The monoisotopic (exact) mass is 311 g/mol. The minimum absolute atomic E-state index is 0.1000. The number of aromatic carboxylic acids is 1. The van der Waals surface area contributed by atoms with Gasteiger partial charge in [0.15, 0.2) is 5.69 Å². The number of carbonyl (C=O) groups is 1. The van der Waals surface area contributed by atoms with Gasteiger partial charge in [0.25, 0.3) is 0 Å². The molecule has 0 atom stereocenters. The lowest BCUT2D eigenvalue weighted by Gasteiger charge is -2.11. The highest BCUT2D eigenvalue weighted by molar-refractivity contribution is 9.10. The van der Waals surface area contributed by atoms with E-state index in [0.29, 0.717) is 21.1 Å². The van der Waals surface area contributed by atoms with Crippen LogP contribution in [0.25, 0.3) is 10.9 Å². The van der Waals surface area contributed by atoms with Gasteiger partial charge in [-0.15, -0.1) is 0 Å². The summed E-state index contributed by atoms with van der Waals surface area (Å²) in [6.07, 6.45) is 0. The number of aromatic hydroxyl groups is 1. The Labute approximate surface area is 111 Å². The number of carboxylic acid groups (broad SMARTS) is 1. The van der Waals surface area contributed by atoms with Crippen LogP contribution >= 0.6 is 15.9 Å². The minimum Gasteiger partial charge on any atom is -0.507 e. The number of rotatable bonds is 2. The van der Waals surface area contributed by atoms with Crippen LogP contribution in [-0.2, 0) is 0 Å². The summed E-state index contributed by atoms with van der Waals surface area (Å²) in [6.45, 7) is 1.51. The van der Waals surface area contributed by atoms with Gasteiger partial charge in [0, 0.05) is 15.4 Å². The van der Waals surface area contributed by atoms with Gasteiger partial charge in [0.2, 0.25) is 0 Å². The van der Waals surface area contributed by atoms with E-state index < -0.39 is 5.97 Å². The van der Waals surface area contributed by atoms with Crippen LogP contribution in [0.15, 0.2) is 16.6 Å². The van der Waals surface area contributed by atoms with Gasteiger partial charge < -0.3 is 14.9 Å². The molecule has 0 saturated carbocycles. The Morgan fingerprint density at radius 1 is 1.44 bits per heavy atom. The highest BCUT2D eigenvalue weighted by atomic mass is 79.9. The van der Waals surface area contributed by atoms with Crippen molar-refractivity contribution in [1.82, 2.24) is 4.98 Å². The van der Waals surface area contributed by atoms with Crippen molar-refractivity contribution in [2.75, 3.05) is 7.11 Å². The number of nitrogens with zero attached hydrogens (tertiary/aromatic N) is 1. The first-order valence-electron chi connectivity index (χ1n) is 5.05. The lowest BCUT2D eigenvalue weighted by molar-refractivity contribution is 0.0689. The van der Waals surface area contributed by atoms with Gasteiger partial charge in [-0.05, 0) is 19.1 Å². The number of methoxy groups -OCH3 is 1. The number of benzene rings is 1. The number of aromatic nitrogens is 1. The van der Waals surface area contributed by atoms with E-state index in [9.17, 15) is 9.90 Å². The van der Waals surface area contributed by atoms with Crippen LogP contribution in [0.4, 0.5) is 0 Å². The number of hydrogen-bond acceptors (Lipinski definition) is 4. The Bertz CT molecular complexity index is 654. The second kappa shape index (κ2) is 4.45. The summed E-state index contributed by atoms with van der Waals surface area (Å²) in [7, 11) is 1.46. The van der Waals surface area contributed by atoms with Crippen molar-refractivity contribution >= 4 is 32.8 Å². The number of ether oxygens (including phenoxy) is 1. The smallest absolute Gasteiger partial charge is 0.354 e. The average Bonchev–Trinajstić information content (AvgIpc) is 2.32. The predicted octanol–water partition coefficient (Wildman–Crippen LogP) is 2.72. The first kappa shape index (κ1) is 12.6. The van der Waals surface area contributed by atoms with E-state index in [1.54, 1.807) is 12.1 Å². The van der Waals surface area contributed by atoms with Crippen LogP contribution in [0.1, 0.15) is 16.1 Å². The van der Waals surface area contributed by atoms with Crippen LogP contribution in [0.5, 0.6) is 11.5 Å². The fourth-order valence-corrected chi connectivity index (χ4v) is 2.18. The maximum absolute atomic E-state index is 11.1. The molecule has 0 aliphatic rings. The van der Waals surface area contributed by atoms with Crippen LogP contribution in [0, 0.1) is 6.92 Å². The molecule has 0 fully saturated rings. The third kappa shape index (κ3) is 1.88. The zero-order chi connectivity index (χ0) is 13.4. The van der Waals surface area contributed by atoms with E-state index in [4.69, 9.17) is 9.84 Å². The van der Waals surface area contributed by atoms with E-state index in [-0.39, 0.29) is 17.0 Å². The summed E-state index contributed by atoms with van der Waals surface area (Å²) < 4.78 is 5.86. The maximum Gasteiger partial charge on any atom is 0.354 e. The van der Waals surface area contributed by atoms with Crippen molar-refractivity contribution in [3.8, 4) is 11.5 Å². The van der Waals surface area contributed by atoms with E-state index in [1.165, 1.54) is 14.0 Å². The summed E-state index contributed by atoms with van der Waals surface area (Å²) in [6, 6.07) is 3.33. The largest absolute Gasteiger partial charge is 0.507 e. The minimum atomic E-state index is -1.19. The lowest BCUT2D eigenvalue weighted by atomic mass is 10.1. The Balaban J connectivity index is 2.94. The first-order chi connectivity index (χ1) is 8.45. The number of hydrogen-bond donors (Lipinski definition) is 2. The molecule has 2 N–H and O–H groups in total. The van der Waals surface area contributed by atoms with Crippen LogP contribution < -0.4 is 4.74 Å². The van der Waals surface area contributed by atoms with Crippen molar-refractivity contribution in [2.24, 2.45) is 0 Å². The zero-order valence-corrected chi connectivity index (χ0v) is 11.3. The SMILES string of the molecule is COc1cc(Br)cc2c(O)c(C)c(C(=O)O)nc12. The summed E-state index contributed by atoms with van der Waals surface area (Å²) in [5.41, 5.74) is 0.372. The van der Waals surface area contributed by atoms with Crippen molar-refractivity contribution in [2.45, 2.75) is 6.92 Å². The molecule has 6 heteroatoms. The maximum atomic E-state index is 11.1. The van der Waals surface area contributed by atoms with Crippen LogP contribution in [0.2, 0.25) is 0 Å². The molecule has 18 heavy (non-hydrogen) atoms. The third-order valence-corrected chi connectivity index (χ3v) is 3.11. The van der Waals surface area contributed by atoms with Crippen LogP contribution in [-0.4, -0.2) is 28.3 Å². The van der Waals surface area contributed by atoms with Crippen molar-refractivity contribution in [3.63, 3.8) is 0 Å². The Morgan fingerprint density at radius 3 is 2.67 bits per heavy atom. The fraction of sp³-hybridized carbons (Fsp3) is 0.167. The number of fused-ring (bicyclic) bond motifs is 1. The van der Waals surface area contributed by atoms with Gasteiger partial charge in [-0.1, -0.05) is 15.9 Å². The highest BCUT2D eigenvalue weighted by Gasteiger charge is 2.18. The molecular weight excluding hydrogens is 302 g/mol. The molecule has 2 rings (SSSR count). The average molecular weight is 312 g/mol. The standard InChI is InChI=1S/C12H10BrNO4/c1-5-9(12(16)17)14-10-7(11(5)15)3-6(13)4-8(10)18-2/h3-4H,1-2H3,(H,14,15)(H,16,17). The molecule has 0 spiro atoms. The van der Waals surface area contributed by atoms with Crippen molar-refractivity contribution < 1.29 is 19.7 Å². The van der Waals surface area contributed by atoms with Gasteiger partial charge in [-0.25, -0.2) is 9.78 Å². The highest BCUT2D eigenvalue weighted by Crippen LogP contribution is 2.36. The summed E-state index contributed by atoms with van der Waals surface area (Å²) in [4.78, 5) is 15.1. The molecule has 1 aromatic carbocycles. The molecule has 1 aromatic heterocycles. The molecule has 1 heterocycles. The van der Waals surface area contributed by atoms with Gasteiger partial charge in [0.1, 0.15) is 17.0 Å². The molecule has 0 aliphatic heterocycles. The third-order valence-electron chi connectivity index (χ3n) is 2.65. The van der Waals surface area contributed by atoms with E-state index in [2.05, 4.69) is 20.9 Å². The summed E-state index contributed by atoms with van der Waals surface area (Å²) in [5, 5.41) is 19.5. The quantitative estimate of drug-likeness (QED) is 0.891. The predicted molar refractivity (Wildman–Crippen MR) is 69.4 cm³/mol. The van der Waals surface area contributed by atoms with E-state index in [1.807, 2.05) is 0 Å². The van der Waals surface area contributed by atoms with Crippen molar-refractivity contribution in [3.05, 3.63) is 27.9 Å². The van der Waals surface area contributed by atoms with Gasteiger partial charge in [-0.3, -0.25) is 0 Å². The molecule has 0 saturated heterocycles. The van der Waals surface area contributed by atoms with Gasteiger partial charge in [0.05, 0.1) is 7.11 Å². The Morgan fingerprint density at radius 2 is 2.11 bits per heavy atom. The summed E-state index contributed by atoms with van der Waals surface area (Å²) >= 11 is 3.30. The van der Waals surface area contributed by atoms with E-state index in [0.717, 1.165) is 0 Å². The summed E-state index contributed by atoms with van der Waals surface area (Å²) in [5.74, 6) is -0.885. The van der Waals surface area contributed by atoms with E-state index >= 15 is 0 Å². The normalized spacial score (nSPS) is 10.6. The topological polar surface area (TPSA) is 79.7 Å². The molecule has 94 valence electrons. The Hall–Kier alpha value is -1.82. The second-order valence-electron chi connectivity index (χ2n) is 3.74. The fourth-order valence-electron chi connectivity index (χ4n) is 1.74. The number of pyridine rings is 1. The molecule has 2 aromatic rings. The molecular formula is C12H10BrNO4. The van der Waals surface area contributed by atoms with Gasteiger partial charge >= 0.3 is 5.97 Å². The lowest BCUT2D eigenvalue weighted by Crippen LogP contribution is -2.04. The zero-order valence-electron chi connectivity index (χ0n) is 9.69. The molecule has 0 unspecified atom stereocenters. The molecule has 0 amide bonds. The molecule has 0 bridgehead atoms. The number of carboxylic acids is 1. The van der Waals surface area contributed by atoms with Crippen LogP contribution in [0.3, 0.4) is 0 Å². The second-order valence-corrected chi connectivity index (χ2v) is 4.66. The molecule has 0 aliphatic carbocycles. The van der Waals surface area contributed by atoms with Gasteiger partial charge in [-0.2, -0.15) is 0 Å².